The summed E-state index contributed by atoms with van der Waals surface area (Å²) in [4.78, 5) is 23.7. The average molecular weight is 355 g/mol. The van der Waals surface area contributed by atoms with Gasteiger partial charge in [0.2, 0.25) is 15.9 Å². The van der Waals surface area contributed by atoms with Gasteiger partial charge in [0.25, 0.3) is 0 Å². The Hall–Kier alpha value is -2.13. The zero-order valence-corrected chi connectivity index (χ0v) is 14.3. The first-order valence-electron chi connectivity index (χ1n) is 7.38. The number of aliphatic carboxylic acids is 1. The number of sulfonamides is 1. The monoisotopic (exact) mass is 355 g/mol. The first-order valence-corrected chi connectivity index (χ1v) is 8.82. The molecule has 1 aliphatic rings. The van der Waals surface area contributed by atoms with Crippen molar-refractivity contribution in [2.45, 2.75) is 18.2 Å². The van der Waals surface area contributed by atoms with Crippen molar-refractivity contribution in [2.24, 2.45) is 0 Å². The van der Waals surface area contributed by atoms with Gasteiger partial charge >= 0.3 is 0 Å². The average Bonchev–Trinajstić information content (AvgIpc) is 2.53. The summed E-state index contributed by atoms with van der Waals surface area (Å²) in [6.45, 7) is 2.23. The first-order chi connectivity index (χ1) is 11.3. The molecule has 24 heavy (non-hydrogen) atoms. The number of carboxylic acid groups (broad SMARTS) is 1. The Balaban J connectivity index is 2.10. The molecule has 8 nitrogen and oxygen atoms in total. The van der Waals surface area contributed by atoms with E-state index in [0.29, 0.717) is 11.3 Å². The second-order valence-electron chi connectivity index (χ2n) is 5.47. The van der Waals surface area contributed by atoms with Gasteiger partial charge in [0.1, 0.15) is 5.75 Å². The Labute approximate surface area is 140 Å². The van der Waals surface area contributed by atoms with Crippen LogP contribution in [-0.2, 0) is 19.6 Å². The van der Waals surface area contributed by atoms with Crippen LogP contribution < -0.4 is 9.84 Å². The second-order valence-corrected chi connectivity index (χ2v) is 7.37. The van der Waals surface area contributed by atoms with Crippen molar-refractivity contribution in [3.05, 3.63) is 23.8 Å². The first kappa shape index (κ1) is 18.2. The van der Waals surface area contributed by atoms with Crippen LogP contribution in [0.25, 0.3) is 0 Å². The fourth-order valence-electron chi connectivity index (χ4n) is 2.59. The van der Waals surface area contributed by atoms with Crippen LogP contribution >= 0.6 is 0 Å². The van der Waals surface area contributed by atoms with Gasteiger partial charge in [0.15, 0.2) is 0 Å². The third-order valence-corrected chi connectivity index (χ3v) is 5.95. The number of hydrogen-bond donors (Lipinski definition) is 0. The van der Waals surface area contributed by atoms with Gasteiger partial charge in [-0.15, -0.1) is 0 Å². The van der Waals surface area contributed by atoms with E-state index in [0.717, 1.165) is 0 Å². The van der Waals surface area contributed by atoms with Crippen molar-refractivity contribution in [2.75, 3.05) is 33.3 Å². The van der Waals surface area contributed by atoms with Gasteiger partial charge in [-0.1, -0.05) is 0 Å². The van der Waals surface area contributed by atoms with Gasteiger partial charge in [-0.25, -0.2) is 8.42 Å². The van der Waals surface area contributed by atoms with E-state index in [2.05, 4.69) is 0 Å². The quantitative estimate of drug-likeness (QED) is 0.626. The van der Waals surface area contributed by atoms with Crippen LogP contribution in [0.4, 0.5) is 0 Å². The summed E-state index contributed by atoms with van der Waals surface area (Å²) >= 11 is 0. The van der Waals surface area contributed by atoms with Crippen molar-refractivity contribution in [3.63, 3.8) is 0 Å². The number of piperazine rings is 1. The second kappa shape index (κ2) is 7.18. The largest absolute Gasteiger partial charge is 0.550 e. The molecule has 0 atom stereocenters. The van der Waals surface area contributed by atoms with Crippen LogP contribution in [0, 0.1) is 6.92 Å². The van der Waals surface area contributed by atoms with Crippen LogP contribution in [0.15, 0.2) is 23.1 Å². The van der Waals surface area contributed by atoms with Crippen LogP contribution in [0.3, 0.4) is 0 Å². The molecular formula is C15H19N2O6S-. The minimum atomic E-state index is -3.68. The maximum absolute atomic E-state index is 12.7. The van der Waals surface area contributed by atoms with Crippen molar-refractivity contribution >= 4 is 21.9 Å². The lowest BCUT2D eigenvalue weighted by Gasteiger charge is -2.34. The highest BCUT2D eigenvalue weighted by molar-refractivity contribution is 7.89. The van der Waals surface area contributed by atoms with Crippen molar-refractivity contribution < 1.29 is 27.9 Å². The number of rotatable bonds is 5. The molecule has 1 saturated heterocycles. The summed E-state index contributed by atoms with van der Waals surface area (Å²) < 4.78 is 31.8. The zero-order valence-electron chi connectivity index (χ0n) is 13.5. The van der Waals surface area contributed by atoms with Gasteiger partial charge in [-0.2, -0.15) is 4.31 Å². The van der Waals surface area contributed by atoms with Crippen molar-refractivity contribution in [1.82, 2.24) is 9.21 Å². The van der Waals surface area contributed by atoms with Crippen LogP contribution in [-0.4, -0.2) is 62.8 Å². The number of hydrogen-bond acceptors (Lipinski definition) is 6. The number of carbonyl (C=O) groups excluding carboxylic acids is 2. The fraction of sp³-hybridized carbons (Fsp3) is 0.467. The Bertz CT molecular complexity index is 738. The molecule has 0 spiro atoms. The Kier molecular flexibility index (Phi) is 5.45. The molecule has 1 heterocycles. The summed E-state index contributed by atoms with van der Waals surface area (Å²) in [5, 5.41) is 10.5. The zero-order chi connectivity index (χ0) is 17.9. The minimum Gasteiger partial charge on any atom is -0.550 e. The number of amides is 1. The molecule has 1 fully saturated rings. The van der Waals surface area contributed by atoms with E-state index < -0.39 is 28.3 Å². The molecule has 132 valence electrons. The third-order valence-electron chi connectivity index (χ3n) is 3.89. The van der Waals surface area contributed by atoms with E-state index in [1.807, 2.05) is 0 Å². The molecule has 1 amide bonds. The van der Waals surface area contributed by atoms with E-state index in [1.165, 1.54) is 22.4 Å². The number of ether oxygens (including phenoxy) is 1. The molecule has 0 aromatic heterocycles. The van der Waals surface area contributed by atoms with Crippen LogP contribution in [0.5, 0.6) is 5.75 Å². The van der Waals surface area contributed by atoms with Gasteiger partial charge in [0, 0.05) is 26.2 Å². The van der Waals surface area contributed by atoms with E-state index in [9.17, 15) is 23.1 Å². The summed E-state index contributed by atoms with van der Waals surface area (Å²) in [5.74, 6) is -1.43. The number of carboxylic acids is 1. The van der Waals surface area contributed by atoms with Gasteiger partial charge in [0.05, 0.1) is 24.4 Å². The number of carbonyl (C=O) groups is 2. The Morgan fingerprint density at radius 1 is 1.21 bits per heavy atom. The molecule has 9 heteroatoms. The lowest BCUT2D eigenvalue weighted by atomic mass is 10.2. The fourth-order valence-corrected chi connectivity index (χ4v) is 4.22. The van der Waals surface area contributed by atoms with E-state index in [-0.39, 0.29) is 31.1 Å². The van der Waals surface area contributed by atoms with Crippen molar-refractivity contribution in [3.8, 4) is 5.75 Å². The highest BCUT2D eigenvalue weighted by atomic mass is 32.2. The topological polar surface area (TPSA) is 107 Å². The summed E-state index contributed by atoms with van der Waals surface area (Å²) in [5.41, 5.74) is 0.574. The Morgan fingerprint density at radius 3 is 2.33 bits per heavy atom. The standard InChI is InChI=1S/C15H20N2O6S/c1-11-9-12(23-2)3-4-13(11)24(21,22)17-7-5-16(6-8-17)14(18)10-15(19)20/h3-4,9H,5-8,10H2,1-2H3,(H,19,20)/p-1. The Morgan fingerprint density at radius 2 is 1.83 bits per heavy atom. The highest BCUT2D eigenvalue weighted by Gasteiger charge is 2.31. The predicted octanol–water partition coefficient (Wildman–Crippen LogP) is -1.02. The van der Waals surface area contributed by atoms with Gasteiger partial charge in [-0.05, 0) is 30.7 Å². The van der Waals surface area contributed by atoms with Crippen LogP contribution in [0.1, 0.15) is 12.0 Å². The predicted molar refractivity (Wildman–Crippen MR) is 82.7 cm³/mol. The lowest BCUT2D eigenvalue weighted by molar-refractivity contribution is -0.304. The molecule has 2 rings (SSSR count). The summed E-state index contributed by atoms with van der Waals surface area (Å²) in [6.07, 6.45) is -0.690. The van der Waals surface area contributed by atoms with Crippen LogP contribution in [0.2, 0.25) is 0 Å². The smallest absolute Gasteiger partial charge is 0.243 e. The molecular weight excluding hydrogens is 336 g/mol. The number of methoxy groups -OCH3 is 1. The van der Waals surface area contributed by atoms with E-state index in [1.54, 1.807) is 19.1 Å². The maximum Gasteiger partial charge on any atom is 0.243 e. The van der Waals surface area contributed by atoms with E-state index >= 15 is 0 Å². The molecule has 0 unspecified atom stereocenters. The molecule has 0 N–H and O–H groups in total. The van der Waals surface area contributed by atoms with Crippen molar-refractivity contribution in [1.29, 1.82) is 0 Å². The normalized spacial score (nSPS) is 16.0. The molecule has 0 aliphatic carbocycles. The van der Waals surface area contributed by atoms with E-state index in [4.69, 9.17) is 4.74 Å². The summed E-state index contributed by atoms with van der Waals surface area (Å²) in [7, 11) is -2.17. The molecule has 1 aromatic rings. The molecule has 1 aliphatic heterocycles. The third kappa shape index (κ3) is 3.85. The van der Waals surface area contributed by atoms with Gasteiger partial charge < -0.3 is 19.5 Å². The maximum atomic E-state index is 12.7. The number of benzene rings is 1. The molecule has 1 aromatic carbocycles. The number of nitrogens with zero attached hydrogens (tertiary/aromatic N) is 2. The minimum absolute atomic E-state index is 0.118. The van der Waals surface area contributed by atoms with Gasteiger partial charge in [-0.3, -0.25) is 4.79 Å². The highest BCUT2D eigenvalue weighted by Crippen LogP contribution is 2.24. The lowest BCUT2D eigenvalue weighted by Crippen LogP contribution is -2.51. The molecule has 0 saturated carbocycles. The molecule has 0 bridgehead atoms. The summed E-state index contributed by atoms with van der Waals surface area (Å²) in [6, 6.07) is 4.73. The molecule has 0 radical (unpaired) electrons. The SMILES string of the molecule is COc1ccc(S(=O)(=O)N2CCN(C(=O)CC(=O)[O-])CC2)c(C)c1. The number of aryl methyl sites for hydroxylation is 1.